The molecule has 12 heteroatoms. The SMILES string of the molecule is CC(C)(CO)NC(=O)CON=C1CCN(S(=O)(=O)c2cccc(C(F)(F)F)c2)CC1. The van der Waals surface area contributed by atoms with E-state index in [9.17, 15) is 26.4 Å². The lowest BCUT2D eigenvalue weighted by Crippen LogP contribution is -2.47. The van der Waals surface area contributed by atoms with Gasteiger partial charge in [0.1, 0.15) is 0 Å². The van der Waals surface area contributed by atoms with Gasteiger partial charge in [-0.15, -0.1) is 0 Å². The normalized spacial score (nSPS) is 16.3. The van der Waals surface area contributed by atoms with Gasteiger partial charge in [0, 0.05) is 25.9 Å². The largest absolute Gasteiger partial charge is 0.416 e. The molecular formula is C18H24F3N3O5S. The zero-order chi connectivity index (χ0) is 22.6. The topological polar surface area (TPSA) is 108 Å². The monoisotopic (exact) mass is 451 g/mol. The quantitative estimate of drug-likeness (QED) is 0.614. The van der Waals surface area contributed by atoms with Gasteiger partial charge in [0.25, 0.3) is 5.91 Å². The molecule has 1 aliphatic rings. The number of alkyl halides is 3. The summed E-state index contributed by atoms with van der Waals surface area (Å²) in [5.74, 6) is -0.469. The number of rotatable bonds is 7. The summed E-state index contributed by atoms with van der Waals surface area (Å²) >= 11 is 0. The van der Waals surface area contributed by atoms with Gasteiger partial charge in [0.05, 0.1) is 28.3 Å². The number of amides is 1. The van der Waals surface area contributed by atoms with Crippen LogP contribution in [0.4, 0.5) is 13.2 Å². The fourth-order valence-corrected chi connectivity index (χ4v) is 4.18. The van der Waals surface area contributed by atoms with Crippen molar-refractivity contribution >= 4 is 21.6 Å². The summed E-state index contributed by atoms with van der Waals surface area (Å²) in [7, 11) is -4.08. The molecular weight excluding hydrogens is 427 g/mol. The maximum absolute atomic E-state index is 12.9. The molecule has 2 N–H and O–H groups in total. The van der Waals surface area contributed by atoms with E-state index in [0.29, 0.717) is 11.8 Å². The third-order valence-electron chi connectivity index (χ3n) is 4.36. The highest BCUT2D eigenvalue weighted by Gasteiger charge is 2.33. The van der Waals surface area contributed by atoms with Crippen LogP contribution in [0.1, 0.15) is 32.3 Å². The third-order valence-corrected chi connectivity index (χ3v) is 6.26. The summed E-state index contributed by atoms with van der Waals surface area (Å²) < 4.78 is 65.0. The minimum Gasteiger partial charge on any atom is -0.394 e. The van der Waals surface area contributed by atoms with Crippen LogP contribution in [0.15, 0.2) is 34.3 Å². The van der Waals surface area contributed by atoms with Gasteiger partial charge in [-0.3, -0.25) is 4.79 Å². The third kappa shape index (κ3) is 6.41. The van der Waals surface area contributed by atoms with E-state index in [1.165, 1.54) is 0 Å². The molecule has 1 heterocycles. The zero-order valence-electron chi connectivity index (χ0n) is 16.6. The molecule has 0 aromatic heterocycles. The van der Waals surface area contributed by atoms with Gasteiger partial charge in [-0.05, 0) is 32.0 Å². The van der Waals surface area contributed by atoms with Crippen molar-refractivity contribution in [3.05, 3.63) is 29.8 Å². The Morgan fingerprint density at radius 1 is 1.27 bits per heavy atom. The first kappa shape index (κ1) is 24.1. The minimum atomic E-state index is -4.64. The lowest BCUT2D eigenvalue weighted by atomic mass is 10.1. The Bertz CT molecular complexity index is 891. The molecule has 1 saturated heterocycles. The summed E-state index contributed by atoms with van der Waals surface area (Å²) in [5.41, 5.74) is -1.28. The summed E-state index contributed by atoms with van der Waals surface area (Å²) in [6.45, 7) is 2.73. The van der Waals surface area contributed by atoms with Crippen molar-refractivity contribution in [3.63, 3.8) is 0 Å². The number of carbonyl (C=O) groups is 1. The second-order valence-electron chi connectivity index (χ2n) is 7.45. The number of halogens is 3. The molecule has 8 nitrogen and oxygen atoms in total. The fourth-order valence-electron chi connectivity index (χ4n) is 2.69. The summed E-state index contributed by atoms with van der Waals surface area (Å²) in [4.78, 5) is 16.3. The molecule has 168 valence electrons. The van der Waals surface area contributed by atoms with Gasteiger partial charge in [-0.25, -0.2) is 8.42 Å². The van der Waals surface area contributed by atoms with E-state index in [-0.39, 0.29) is 39.1 Å². The maximum atomic E-state index is 12.9. The first-order valence-electron chi connectivity index (χ1n) is 9.12. The summed E-state index contributed by atoms with van der Waals surface area (Å²) in [6.07, 6.45) is -4.19. The van der Waals surface area contributed by atoms with E-state index in [1.54, 1.807) is 13.8 Å². The average Bonchev–Trinajstić information content (AvgIpc) is 2.67. The molecule has 0 saturated carbocycles. The molecule has 0 unspecified atom stereocenters. The number of aliphatic hydroxyl groups is 1. The number of nitrogens with zero attached hydrogens (tertiary/aromatic N) is 2. The van der Waals surface area contributed by atoms with Crippen LogP contribution < -0.4 is 5.32 Å². The van der Waals surface area contributed by atoms with Gasteiger partial charge >= 0.3 is 6.18 Å². The molecule has 0 spiro atoms. The fraction of sp³-hybridized carbons (Fsp3) is 0.556. The van der Waals surface area contributed by atoms with E-state index in [0.717, 1.165) is 22.5 Å². The lowest BCUT2D eigenvalue weighted by Gasteiger charge is -2.27. The van der Waals surface area contributed by atoms with Crippen molar-refractivity contribution in [2.75, 3.05) is 26.3 Å². The van der Waals surface area contributed by atoms with Gasteiger partial charge in [-0.2, -0.15) is 17.5 Å². The lowest BCUT2D eigenvalue weighted by molar-refractivity contribution is -0.137. The first-order chi connectivity index (χ1) is 13.8. The number of nitrogens with one attached hydrogen (secondary N) is 1. The molecule has 1 fully saturated rings. The molecule has 1 aromatic rings. The van der Waals surface area contributed by atoms with E-state index in [2.05, 4.69) is 10.5 Å². The van der Waals surface area contributed by atoms with Crippen LogP contribution in [-0.2, 0) is 25.8 Å². The molecule has 2 rings (SSSR count). The predicted octanol–water partition coefficient (Wildman–Crippen LogP) is 1.75. The van der Waals surface area contributed by atoms with Crippen molar-refractivity contribution in [3.8, 4) is 0 Å². The Kier molecular flexibility index (Phi) is 7.48. The van der Waals surface area contributed by atoms with Crippen molar-refractivity contribution in [2.45, 2.75) is 43.3 Å². The van der Waals surface area contributed by atoms with Crippen LogP contribution in [0.25, 0.3) is 0 Å². The second kappa shape index (κ2) is 9.31. The van der Waals surface area contributed by atoms with Crippen molar-refractivity contribution in [1.82, 2.24) is 9.62 Å². The van der Waals surface area contributed by atoms with Gasteiger partial charge < -0.3 is 15.3 Å². The number of carbonyl (C=O) groups excluding carboxylic acids is 1. The number of sulfonamides is 1. The van der Waals surface area contributed by atoms with Gasteiger partial charge in [-0.1, -0.05) is 11.2 Å². The van der Waals surface area contributed by atoms with Gasteiger partial charge in [0.15, 0.2) is 6.61 Å². The van der Waals surface area contributed by atoms with E-state index in [4.69, 9.17) is 9.94 Å². The Morgan fingerprint density at radius 3 is 2.47 bits per heavy atom. The average molecular weight is 451 g/mol. The number of piperidine rings is 1. The minimum absolute atomic E-state index is 0.0323. The van der Waals surface area contributed by atoms with Gasteiger partial charge in [0.2, 0.25) is 10.0 Å². The summed E-state index contributed by atoms with van der Waals surface area (Å²) in [6, 6.07) is 3.62. The molecule has 1 aromatic carbocycles. The van der Waals surface area contributed by atoms with Crippen molar-refractivity contribution < 1.29 is 36.3 Å². The molecule has 0 radical (unpaired) electrons. The van der Waals surface area contributed by atoms with Crippen molar-refractivity contribution in [1.29, 1.82) is 0 Å². The molecule has 1 amide bonds. The highest BCUT2D eigenvalue weighted by Crippen LogP contribution is 2.31. The molecule has 0 atom stereocenters. The number of hydrogen-bond acceptors (Lipinski definition) is 6. The van der Waals surface area contributed by atoms with Crippen molar-refractivity contribution in [2.24, 2.45) is 5.16 Å². The Hall–Kier alpha value is -2.18. The summed E-state index contributed by atoms with van der Waals surface area (Å²) in [5, 5.41) is 15.5. The highest BCUT2D eigenvalue weighted by molar-refractivity contribution is 7.89. The molecule has 0 bridgehead atoms. The molecule has 30 heavy (non-hydrogen) atoms. The van der Waals surface area contributed by atoms with Crippen LogP contribution in [0.5, 0.6) is 0 Å². The predicted molar refractivity (Wildman–Crippen MR) is 102 cm³/mol. The molecule has 1 aliphatic heterocycles. The standard InChI is InChI=1S/C18H24F3N3O5S/c1-17(2,12-25)22-16(26)11-29-23-14-6-8-24(9-7-14)30(27,28)15-5-3-4-13(10-15)18(19,20)21/h3-5,10,25H,6-9,11-12H2,1-2H3,(H,22,26). The number of aliphatic hydroxyl groups excluding tert-OH is 1. The number of oxime groups is 1. The van der Waals surface area contributed by atoms with Crippen LogP contribution in [0.3, 0.4) is 0 Å². The van der Waals surface area contributed by atoms with E-state index in [1.807, 2.05) is 0 Å². The van der Waals surface area contributed by atoms with Crippen LogP contribution in [-0.4, -0.2) is 61.3 Å². The van der Waals surface area contributed by atoms with Crippen LogP contribution in [0, 0.1) is 0 Å². The Morgan fingerprint density at radius 2 is 1.90 bits per heavy atom. The Labute approximate surface area is 172 Å². The molecule has 0 aliphatic carbocycles. The van der Waals surface area contributed by atoms with Crippen LogP contribution in [0.2, 0.25) is 0 Å². The van der Waals surface area contributed by atoms with E-state index < -0.39 is 38.1 Å². The zero-order valence-corrected chi connectivity index (χ0v) is 17.4. The second-order valence-corrected chi connectivity index (χ2v) is 9.39. The Balaban J connectivity index is 1.93. The smallest absolute Gasteiger partial charge is 0.394 e. The maximum Gasteiger partial charge on any atom is 0.416 e. The number of benzene rings is 1. The van der Waals surface area contributed by atoms with Crippen LogP contribution >= 0.6 is 0 Å². The van der Waals surface area contributed by atoms with E-state index >= 15 is 0 Å². The number of hydrogen-bond donors (Lipinski definition) is 2. The highest BCUT2D eigenvalue weighted by atomic mass is 32.2. The first-order valence-corrected chi connectivity index (χ1v) is 10.6.